The number of fused-ring (bicyclic) bond motifs is 1. The highest BCUT2D eigenvalue weighted by Crippen LogP contribution is 2.32. The molecule has 3 aromatic carbocycles. The highest BCUT2D eigenvalue weighted by molar-refractivity contribution is 7.19. The molecule has 0 spiro atoms. The molecule has 0 bridgehead atoms. The lowest BCUT2D eigenvalue weighted by Gasteiger charge is -2.29. The second-order valence-corrected chi connectivity index (χ2v) is 11.4. The largest absolute Gasteiger partial charge is 0.507 e. The molecule has 0 aliphatic rings. The van der Waals surface area contributed by atoms with E-state index in [1.165, 1.54) is 16.2 Å². The molecular formula is C31H30N4O5S. The van der Waals surface area contributed by atoms with E-state index in [1.807, 2.05) is 6.07 Å². The number of nitriles is 1. The minimum Gasteiger partial charge on any atom is -0.507 e. The van der Waals surface area contributed by atoms with Gasteiger partial charge in [-0.3, -0.25) is 10.1 Å². The first kappa shape index (κ1) is 29.1. The number of anilines is 2. The monoisotopic (exact) mass is 570 g/mol. The third kappa shape index (κ3) is 6.00. The Morgan fingerprint density at radius 3 is 2.46 bits per heavy atom. The predicted octanol–water partition coefficient (Wildman–Crippen LogP) is 4.79. The van der Waals surface area contributed by atoms with E-state index in [0.29, 0.717) is 38.2 Å². The van der Waals surface area contributed by atoms with Gasteiger partial charge in [-0.25, -0.2) is 9.78 Å². The van der Waals surface area contributed by atoms with Gasteiger partial charge in [-0.15, -0.1) is 11.3 Å². The summed E-state index contributed by atoms with van der Waals surface area (Å²) in [5, 5.41) is 33.8. The van der Waals surface area contributed by atoms with Crippen LogP contribution in [0.3, 0.4) is 0 Å². The Morgan fingerprint density at radius 1 is 1.12 bits per heavy atom. The van der Waals surface area contributed by atoms with Crippen LogP contribution in [0.2, 0.25) is 0 Å². The molecule has 10 heteroatoms. The number of carbonyl (C=O) groups excluding carboxylic acids is 2. The molecule has 1 heterocycles. The molecule has 0 unspecified atom stereocenters. The molecule has 0 saturated carbocycles. The van der Waals surface area contributed by atoms with Gasteiger partial charge in [-0.2, -0.15) is 5.26 Å². The Balaban J connectivity index is 1.37. The van der Waals surface area contributed by atoms with Crippen molar-refractivity contribution in [2.75, 3.05) is 17.3 Å². The second-order valence-electron chi connectivity index (χ2n) is 10.3. The molecule has 4 rings (SSSR count). The molecule has 2 amide bonds. The van der Waals surface area contributed by atoms with Crippen LogP contribution in [0.5, 0.6) is 11.5 Å². The summed E-state index contributed by atoms with van der Waals surface area (Å²) in [5.41, 5.74) is 2.57. The first-order valence-electron chi connectivity index (χ1n) is 12.6. The lowest BCUT2D eigenvalue weighted by atomic mass is 9.78. The zero-order chi connectivity index (χ0) is 30.1. The van der Waals surface area contributed by atoms with Crippen molar-refractivity contribution < 1.29 is 24.5 Å². The van der Waals surface area contributed by atoms with Crippen LogP contribution in [0.25, 0.3) is 23.4 Å². The van der Waals surface area contributed by atoms with Crippen molar-refractivity contribution in [3.63, 3.8) is 0 Å². The first-order chi connectivity index (χ1) is 19.3. The van der Waals surface area contributed by atoms with Crippen LogP contribution in [-0.2, 0) is 21.6 Å². The number of aromatic nitrogens is 1. The van der Waals surface area contributed by atoms with Crippen molar-refractivity contribution in [3.8, 4) is 17.6 Å². The van der Waals surface area contributed by atoms with Crippen LogP contribution in [-0.4, -0.2) is 34.2 Å². The van der Waals surface area contributed by atoms with Crippen molar-refractivity contribution in [2.24, 2.45) is 0 Å². The lowest BCUT2D eigenvalue weighted by molar-refractivity contribution is -0.119. The number of hydrogen-bond donors (Lipinski definition) is 3. The summed E-state index contributed by atoms with van der Waals surface area (Å²) in [6.45, 7) is 13.1. The van der Waals surface area contributed by atoms with Gasteiger partial charge in [0.1, 0.15) is 24.2 Å². The van der Waals surface area contributed by atoms with E-state index in [-0.39, 0.29) is 35.7 Å². The van der Waals surface area contributed by atoms with Gasteiger partial charge in [0.25, 0.3) is 0 Å². The Labute approximate surface area is 241 Å². The van der Waals surface area contributed by atoms with Gasteiger partial charge in [0.2, 0.25) is 5.91 Å². The zero-order valence-electron chi connectivity index (χ0n) is 23.2. The number of thiazole rings is 1. The molecule has 0 atom stereocenters. The number of carbonyl (C=O) groups is 2. The highest BCUT2D eigenvalue weighted by Gasteiger charge is 2.31. The molecule has 210 valence electrons. The summed E-state index contributed by atoms with van der Waals surface area (Å²) in [6, 6.07) is 14.2. The fraction of sp³-hybridized carbons (Fsp3) is 0.226. The summed E-state index contributed by atoms with van der Waals surface area (Å²) in [5.74, 6) is -0.322. The van der Waals surface area contributed by atoms with Crippen molar-refractivity contribution in [3.05, 3.63) is 74.6 Å². The van der Waals surface area contributed by atoms with Crippen molar-refractivity contribution in [1.82, 2.24) is 4.98 Å². The van der Waals surface area contributed by atoms with Gasteiger partial charge in [-0.1, -0.05) is 39.1 Å². The van der Waals surface area contributed by atoms with Crippen LogP contribution in [0.15, 0.2) is 42.5 Å². The van der Waals surface area contributed by atoms with Crippen molar-refractivity contribution >= 4 is 58.1 Å². The number of amides is 2. The maximum absolute atomic E-state index is 13.2. The van der Waals surface area contributed by atoms with Crippen LogP contribution in [0.4, 0.5) is 16.2 Å². The quantitative estimate of drug-likeness (QED) is 0.272. The van der Waals surface area contributed by atoms with Crippen molar-refractivity contribution in [1.29, 1.82) is 5.26 Å². The van der Waals surface area contributed by atoms with Gasteiger partial charge in [0.05, 0.1) is 10.2 Å². The number of hydrogen-bond acceptors (Lipinski definition) is 8. The van der Waals surface area contributed by atoms with E-state index in [9.17, 15) is 19.8 Å². The Morgan fingerprint density at radius 2 is 1.80 bits per heavy atom. The van der Waals surface area contributed by atoms with Gasteiger partial charge in [0.15, 0.2) is 5.01 Å². The van der Waals surface area contributed by atoms with Gasteiger partial charge in [-0.05, 0) is 42.8 Å². The summed E-state index contributed by atoms with van der Waals surface area (Å²) < 4.78 is 6.12. The number of rotatable bonds is 7. The van der Waals surface area contributed by atoms with E-state index in [4.69, 9.17) is 10.00 Å². The van der Waals surface area contributed by atoms with E-state index in [2.05, 4.69) is 23.5 Å². The molecule has 0 radical (unpaired) electrons. The number of ether oxygens (including phenoxy) is 1. The standard InChI is InChI=1S/C31H30N4O5S/c1-17-18(2)29(38)27(19(3)28(17)37)31(4,5)14-26(36)35(6)22-10-7-20(8-11-22)16-40-30(39)33-21-9-12-23-24(13-21)41-25(15-32)34-23/h7-13,37-38H,2-3,14,16H2,1,4-6H3,(H,33,39). The summed E-state index contributed by atoms with van der Waals surface area (Å²) in [4.78, 5) is 31.2. The average Bonchev–Trinajstić information content (AvgIpc) is 3.36. The molecule has 0 aliphatic heterocycles. The summed E-state index contributed by atoms with van der Waals surface area (Å²) in [6.07, 6.45) is -0.592. The topological polar surface area (TPSA) is 136 Å². The Kier molecular flexibility index (Phi) is 8.03. The van der Waals surface area contributed by atoms with Crippen LogP contribution >= 0.6 is 11.3 Å². The van der Waals surface area contributed by atoms with Crippen LogP contribution in [0, 0.1) is 18.3 Å². The predicted molar refractivity (Wildman–Crippen MR) is 160 cm³/mol. The maximum atomic E-state index is 13.2. The number of aromatic hydroxyl groups is 2. The van der Waals surface area contributed by atoms with E-state index in [0.717, 1.165) is 10.3 Å². The molecule has 9 nitrogen and oxygen atoms in total. The van der Waals surface area contributed by atoms with E-state index in [1.54, 1.807) is 70.3 Å². The average molecular weight is 571 g/mol. The fourth-order valence-corrected chi connectivity index (χ4v) is 5.39. The Hall–Kier alpha value is -4.88. The van der Waals surface area contributed by atoms with Crippen LogP contribution < -0.4 is 20.7 Å². The highest BCUT2D eigenvalue weighted by atomic mass is 32.1. The molecule has 4 aromatic rings. The van der Waals surface area contributed by atoms with Crippen LogP contribution in [0.1, 0.15) is 42.0 Å². The third-order valence-electron chi connectivity index (χ3n) is 6.99. The number of nitrogens with one attached hydrogen (secondary N) is 1. The number of phenols is 2. The maximum Gasteiger partial charge on any atom is 0.411 e. The van der Waals surface area contributed by atoms with E-state index >= 15 is 0 Å². The normalized spacial score (nSPS) is 11.2. The molecule has 0 saturated heterocycles. The summed E-state index contributed by atoms with van der Waals surface area (Å²) in [7, 11) is 1.65. The Bertz CT molecular complexity index is 1810. The lowest BCUT2D eigenvalue weighted by Crippen LogP contribution is -2.36. The molecular weight excluding hydrogens is 540 g/mol. The molecule has 0 fully saturated rings. The SMILES string of the molecule is C=c1c(C)c(O)c(=C)c(C(C)(C)CC(=O)N(C)c2ccc(COC(=O)Nc3ccc4nc(C#N)sc4c3)cc2)c1O. The smallest absolute Gasteiger partial charge is 0.411 e. The number of benzene rings is 3. The summed E-state index contributed by atoms with van der Waals surface area (Å²) >= 11 is 1.24. The molecule has 1 aromatic heterocycles. The minimum absolute atomic E-state index is 0.0219. The molecule has 0 aliphatic carbocycles. The third-order valence-corrected chi connectivity index (χ3v) is 7.91. The fourth-order valence-electron chi connectivity index (χ4n) is 4.59. The molecule has 3 N–H and O–H groups in total. The minimum atomic E-state index is -0.839. The van der Waals surface area contributed by atoms with Crippen molar-refractivity contribution in [2.45, 2.75) is 39.2 Å². The second kappa shape index (κ2) is 11.3. The molecule has 41 heavy (non-hydrogen) atoms. The number of phenolic OH excluding ortho intramolecular Hbond substituents is 2. The van der Waals surface area contributed by atoms with Gasteiger partial charge in [0, 0.05) is 51.8 Å². The number of nitrogens with zero attached hydrogens (tertiary/aromatic N) is 3. The first-order valence-corrected chi connectivity index (χ1v) is 13.5. The zero-order valence-corrected chi connectivity index (χ0v) is 24.1. The van der Waals surface area contributed by atoms with E-state index < -0.39 is 11.5 Å². The van der Waals surface area contributed by atoms with Gasteiger partial charge >= 0.3 is 6.09 Å². The van der Waals surface area contributed by atoms with Gasteiger partial charge < -0.3 is 19.8 Å².